The van der Waals surface area contributed by atoms with Crippen LogP contribution < -0.4 is 0 Å². The Bertz CT molecular complexity index is 677. The van der Waals surface area contributed by atoms with Gasteiger partial charge in [0.05, 0.1) is 0 Å². The van der Waals surface area contributed by atoms with Gasteiger partial charge in [-0.25, -0.2) is 0 Å². The fraction of sp³-hybridized carbons (Fsp3) is 0.600. The van der Waals surface area contributed by atoms with Crippen molar-refractivity contribution in [2.24, 2.45) is 0 Å². The lowest BCUT2D eigenvalue weighted by atomic mass is 10.0. The summed E-state index contributed by atoms with van der Waals surface area (Å²) in [7, 11) is 0. The van der Waals surface area contributed by atoms with Gasteiger partial charge >= 0.3 is 29.6 Å². The third-order valence-corrected chi connectivity index (χ3v) is 11.9. The van der Waals surface area contributed by atoms with Crippen LogP contribution in [-0.4, -0.2) is 56.1 Å². The minimum absolute atomic E-state index is 0.127. The van der Waals surface area contributed by atoms with Gasteiger partial charge in [-0.05, 0) is 35.2 Å². The first kappa shape index (κ1) is 31.6. The van der Waals surface area contributed by atoms with Crippen LogP contribution >= 0.6 is 0 Å². The molecule has 198 valence electrons. The van der Waals surface area contributed by atoms with Crippen LogP contribution in [0.15, 0.2) is 60.7 Å². The minimum Gasteiger partial charge on any atom is -0.478 e. The Labute approximate surface area is 230 Å². The number of rotatable bonds is 21. The van der Waals surface area contributed by atoms with Crippen molar-refractivity contribution in [3.05, 3.63) is 71.8 Å². The Kier molecular flexibility index (Phi) is 17.8. The topological polar surface area (TPSA) is 36.9 Å². The van der Waals surface area contributed by atoms with Gasteiger partial charge in [0.25, 0.3) is 0 Å². The van der Waals surface area contributed by atoms with Gasteiger partial charge in [-0.1, -0.05) is 125 Å². The first-order valence-corrected chi connectivity index (χ1v) is 17.5. The highest BCUT2D eigenvalue weighted by Gasteiger charge is 2.51. The summed E-state index contributed by atoms with van der Waals surface area (Å²) in [6.45, 7) is 11.9. The average molecular weight is 527 g/mol. The molecule has 0 saturated carbocycles. The summed E-state index contributed by atoms with van der Waals surface area (Å²) in [5.74, 6) is 0. The fourth-order valence-electron chi connectivity index (χ4n) is 4.30. The third-order valence-electron chi connectivity index (χ3n) is 6.46. The molecule has 0 bridgehead atoms. The lowest BCUT2D eigenvalue weighted by Crippen LogP contribution is -2.44. The zero-order valence-corrected chi connectivity index (χ0v) is 25.5. The van der Waals surface area contributed by atoms with E-state index in [9.17, 15) is 0 Å². The summed E-state index contributed by atoms with van der Waals surface area (Å²) >= 11 is -4.26. The molecule has 0 aliphatic heterocycles. The predicted molar refractivity (Wildman–Crippen MR) is 153 cm³/mol. The van der Waals surface area contributed by atoms with Crippen molar-refractivity contribution < 1.29 is 15.2 Å². The molecule has 2 unspecified atom stereocenters. The smallest absolute Gasteiger partial charge is 0.478 e. The van der Waals surface area contributed by atoms with E-state index in [-0.39, 0.29) is 9.56 Å². The first-order chi connectivity index (χ1) is 17.8. The number of benzene rings is 2. The quantitative estimate of drug-likeness (QED) is 0.122. The molecule has 4 nitrogen and oxygen atoms in total. The van der Waals surface area contributed by atoms with Gasteiger partial charge in [-0.15, -0.1) is 0 Å². The van der Waals surface area contributed by atoms with Crippen molar-refractivity contribution in [3.63, 3.8) is 0 Å². The first-order valence-electron chi connectivity index (χ1n) is 14.3. The van der Waals surface area contributed by atoms with E-state index >= 15 is 0 Å². The molecule has 2 atom stereocenters. The fourth-order valence-corrected chi connectivity index (χ4v) is 10.2. The highest BCUT2D eigenvalue weighted by molar-refractivity contribution is 6.54. The molecule has 2 aromatic carbocycles. The zero-order chi connectivity index (χ0) is 25.8. The van der Waals surface area contributed by atoms with E-state index in [4.69, 9.17) is 15.2 Å². The Balaban J connectivity index is 2.55. The lowest BCUT2D eigenvalue weighted by Gasteiger charge is -2.33. The summed E-state index contributed by atoms with van der Waals surface area (Å²) in [5.41, 5.74) is 2.57. The summed E-state index contributed by atoms with van der Waals surface area (Å²) in [6.07, 6.45) is 8.69. The predicted octanol–water partition coefficient (Wildman–Crippen LogP) is 7.88. The third kappa shape index (κ3) is 11.4. The molecule has 2 rings (SSSR count). The monoisotopic (exact) mass is 526 g/mol. The van der Waals surface area contributed by atoms with Crippen molar-refractivity contribution >= 4 is 29.6 Å². The van der Waals surface area contributed by atoms with Crippen LogP contribution in [0.3, 0.4) is 0 Å². The molecule has 0 aliphatic carbocycles. The van der Waals surface area contributed by atoms with Gasteiger partial charge in [0.15, 0.2) is 0 Å². The molecule has 0 aromatic heterocycles. The molecule has 0 N–H and O–H groups in total. The minimum atomic E-state index is -2.13. The van der Waals surface area contributed by atoms with Crippen LogP contribution in [0.4, 0.5) is 0 Å². The number of unbranched alkanes of at least 4 members (excludes halogenated alkanes) is 4. The van der Waals surface area contributed by atoms with Gasteiger partial charge in [-0.3, -0.25) is 0 Å². The van der Waals surface area contributed by atoms with E-state index in [2.05, 4.69) is 88.4 Å². The zero-order valence-electron chi connectivity index (χ0n) is 23.2. The standard InChI is InChI=1S/C14H12.4C4H9O.2Al/c1-3-7-13(8-4-1)11-12-14-9-5-2-6-10-14;4*1-2-3-4-5;;/h1-12H;4*2-4H2,1H3;;/q;4*-1;2*+2. The normalized spacial score (nSPS) is 12.9. The highest BCUT2D eigenvalue weighted by Crippen LogP contribution is 2.39. The summed E-state index contributed by atoms with van der Waals surface area (Å²) in [6, 6.07) is 21.7. The molecule has 0 heterocycles. The van der Waals surface area contributed by atoms with E-state index in [0.29, 0.717) is 0 Å². The van der Waals surface area contributed by atoms with Gasteiger partial charge in [0.1, 0.15) is 0 Å². The second-order valence-electron chi connectivity index (χ2n) is 9.51. The molecule has 0 amide bonds. The second-order valence-corrected chi connectivity index (χ2v) is 13.8. The number of hydrogen-bond acceptors (Lipinski definition) is 4. The Morgan fingerprint density at radius 1 is 0.472 bits per heavy atom. The molecule has 0 fully saturated rings. The Hall–Kier alpha value is -0.655. The Morgan fingerprint density at radius 3 is 1.00 bits per heavy atom. The Morgan fingerprint density at radius 2 is 0.750 bits per heavy atom. The SMILES string of the molecule is CCCC[O][Al]([O]CCCC)[CH](c1ccccc1)[CH](c1ccccc1)[Al]([O]CCCC)[O]CCCC. The van der Waals surface area contributed by atoms with Crippen LogP contribution in [0.2, 0.25) is 0 Å². The van der Waals surface area contributed by atoms with Crippen molar-refractivity contribution in [1.82, 2.24) is 0 Å². The van der Waals surface area contributed by atoms with Gasteiger partial charge in [-0.2, -0.15) is 0 Å². The number of hydrogen-bond donors (Lipinski definition) is 0. The van der Waals surface area contributed by atoms with Crippen molar-refractivity contribution in [2.75, 3.05) is 26.4 Å². The molecule has 0 radical (unpaired) electrons. The maximum absolute atomic E-state index is 6.68. The van der Waals surface area contributed by atoms with Crippen LogP contribution in [-0.2, 0) is 15.2 Å². The van der Waals surface area contributed by atoms with Gasteiger partial charge in [0, 0.05) is 26.4 Å². The summed E-state index contributed by atoms with van der Waals surface area (Å²) in [5, 5.41) is 0. The lowest BCUT2D eigenvalue weighted by molar-refractivity contribution is 0.165. The summed E-state index contributed by atoms with van der Waals surface area (Å²) < 4.78 is 27.0. The molecule has 36 heavy (non-hydrogen) atoms. The highest BCUT2D eigenvalue weighted by atomic mass is 27.2. The largest absolute Gasteiger partial charge is 0.682 e. The molecular formula is C30H48Al2O4. The molecular weight excluding hydrogens is 478 g/mol. The van der Waals surface area contributed by atoms with Crippen molar-refractivity contribution in [3.8, 4) is 0 Å². The average Bonchev–Trinajstić information content (AvgIpc) is 2.92. The van der Waals surface area contributed by atoms with Crippen LogP contribution in [0, 0.1) is 0 Å². The summed E-state index contributed by atoms with van der Waals surface area (Å²) in [4.78, 5) is 0. The van der Waals surface area contributed by atoms with E-state index in [0.717, 1.165) is 77.8 Å². The van der Waals surface area contributed by atoms with E-state index in [1.54, 1.807) is 0 Å². The molecule has 0 aliphatic rings. The maximum atomic E-state index is 6.68. The molecule has 6 heteroatoms. The van der Waals surface area contributed by atoms with Crippen molar-refractivity contribution in [2.45, 2.75) is 88.6 Å². The van der Waals surface area contributed by atoms with Crippen LogP contribution in [0.5, 0.6) is 0 Å². The molecule has 2 aromatic rings. The van der Waals surface area contributed by atoms with Gasteiger partial charge < -0.3 is 15.2 Å². The van der Waals surface area contributed by atoms with Crippen LogP contribution in [0.25, 0.3) is 0 Å². The van der Waals surface area contributed by atoms with Gasteiger partial charge in [0.2, 0.25) is 0 Å². The van der Waals surface area contributed by atoms with E-state index < -0.39 is 29.6 Å². The molecule has 0 spiro atoms. The maximum Gasteiger partial charge on any atom is 0.682 e. The molecule has 0 saturated heterocycles. The second kappa shape index (κ2) is 20.3. The van der Waals surface area contributed by atoms with Crippen LogP contribution in [0.1, 0.15) is 99.7 Å². The van der Waals surface area contributed by atoms with E-state index in [1.165, 1.54) is 11.1 Å². The van der Waals surface area contributed by atoms with E-state index in [1.807, 2.05) is 0 Å². The van der Waals surface area contributed by atoms with Crippen molar-refractivity contribution in [1.29, 1.82) is 0 Å².